The molecule has 4 aliphatic rings. The van der Waals surface area contributed by atoms with Gasteiger partial charge in [-0.2, -0.15) is 0 Å². The molecule has 0 bridgehead atoms. The number of nitrogens with one attached hydrogen (secondary N) is 3. The predicted octanol–water partition coefficient (Wildman–Crippen LogP) is 1.55. The van der Waals surface area contributed by atoms with Gasteiger partial charge in [0.25, 0.3) is 5.91 Å². The van der Waals surface area contributed by atoms with Crippen LogP contribution in [0, 0.1) is 11.3 Å². The minimum Gasteiger partial charge on any atom is -0.378 e. The third-order valence-corrected chi connectivity index (χ3v) is 10.1. The number of amides is 2. The second kappa shape index (κ2) is 13.2. The highest BCUT2D eigenvalue weighted by Crippen LogP contribution is 2.38. The number of Topliss-reactive ketones (excluding diaryl/α,β-unsaturated/α-hetero) is 1. The van der Waals surface area contributed by atoms with Crippen molar-refractivity contribution in [3.8, 4) is 0 Å². The standard InChI is InChI=1S/C30H54N6O4/c1-7-29(8-2)18-34(19-29)17-25(28(39)36-13-9-10-22(5)33-36)32-27(38)26(21(3)4)35-14-15-40-20-30(35)11-12-31-24(16-30)23(6)37/h21-22,24-26,31,33H,7-20H2,1-6H3,(H,32,38). The Labute approximate surface area is 241 Å². The Balaban J connectivity index is 1.54. The topological polar surface area (TPSA) is 106 Å². The number of hydrogen-bond donors (Lipinski definition) is 3. The first-order valence-electron chi connectivity index (χ1n) is 15.7. The van der Waals surface area contributed by atoms with Crippen LogP contribution in [0.15, 0.2) is 0 Å². The smallest absolute Gasteiger partial charge is 0.260 e. The number of morpholine rings is 1. The first-order chi connectivity index (χ1) is 19.0. The summed E-state index contributed by atoms with van der Waals surface area (Å²) in [5.74, 6) is -0.00585. The summed E-state index contributed by atoms with van der Waals surface area (Å²) >= 11 is 0. The zero-order valence-electron chi connectivity index (χ0n) is 25.8. The number of ketones is 1. The van der Waals surface area contributed by atoms with Gasteiger partial charge in [0.2, 0.25) is 5.91 Å². The number of likely N-dealkylation sites (tertiary alicyclic amines) is 1. The van der Waals surface area contributed by atoms with Crippen molar-refractivity contribution in [1.82, 2.24) is 30.9 Å². The van der Waals surface area contributed by atoms with E-state index in [4.69, 9.17) is 4.74 Å². The van der Waals surface area contributed by atoms with E-state index in [1.165, 1.54) is 0 Å². The third kappa shape index (κ3) is 6.72. The van der Waals surface area contributed by atoms with E-state index in [1.54, 1.807) is 11.9 Å². The Bertz CT molecular complexity index is 899. The first kappa shape index (κ1) is 31.3. The molecule has 2 amide bonds. The van der Waals surface area contributed by atoms with Crippen LogP contribution in [0.3, 0.4) is 0 Å². The van der Waals surface area contributed by atoms with Gasteiger partial charge >= 0.3 is 0 Å². The van der Waals surface area contributed by atoms with E-state index in [9.17, 15) is 14.4 Å². The Morgan fingerprint density at radius 1 is 1.12 bits per heavy atom. The molecular formula is C30H54N6O4. The minimum atomic E-state index is -0.617. The van der Waals surface area contributed by atoms with Gasteiger partial charge < -0.3 is 15.4 Å². The Morgan fingerprint density at radius 3 is 2.48 bits per heavy atom. The molecule has 0 aromatic heterocycles. The molecule has 0 aromatic rings. The molecule has 228 valence electrons. The van der Waals surface area contributed by atoms with Crippen molar-refractivity contribution >= 4 is 17.6 Å². The molecular weight excluding hydrogens is 508 g/mol. The summed E-state index contributed by atoms with van der Waals surface area (Å²) in [6.07, 6.45) is 5.68. The second-order valence-corrected chi connectivity index (χ2v) is 13.3. The van der Waals surface area contributed by atoms with Crippen LogP contribution in [0.25, 0.3) is 0 Å². The molecule has 4 fully saturated rings. The van der Waals surface area contributed by atoms with Crippen LogP contribution in [0.4, 0.5) is 0 Å². The quantitative estimate of drug-likeness (QED) is 0.368. The van der Waals surface area contributed by atoms with Crippen molar-refractivity contribution in [2.24, 2.45) is 11.3 Å². The molecule has 0 radical (unpaired) electrons. The number of ether oxygens (including phenoxy) is 1. The van der Waals surface area contributed by atoms with Crippen LogP contribution in [-0.2, 0) is 19.1 Å². The van der Waals surface area contributed by atoms with E-state index in [-0.39, 0.29) is 41.1 Å². The van der Waals surface area contributed by atoms with Gasteiger partial charge in [0.1, 0.15) is 11.8 Å². The van der Waals surface area contributed by atoms with Crippen molar-refractivity contribution in [3.05, 3.63) is 0 Å². The average Bonchev–Trinajstić information content (AvgIpc) is 2.90. The Morgan fingerprint density at radius 2 is 1.85 bits per heavy atom. The predicted molar refractivity (Wildman–Crippen MR) is 156 cm³/mol. The zero-order valence-corrected chi connectivity index (χ0v) is 25.8. The number of piperidine rings is 1. The molecule has 40 heavy (non-hydrogen) atoms. The van der Waals surface area contributed by atoms with Gasteiger partial charge in [0.15, 0.2) is 0 Å². The summed E-state index contributed by atoms with van der Waals surface area (Å²) in [5.41, 5.74) is 3.28. The molecule has 0 saturated carbocycles. The number of nitrogens with zero attached hydrogens (tertiary/aromatic N) is 3. The fourth-order valence-electron chi connectivity index (χ4n) is 7.44. The molecule has 0 aliphatic carbocycles. The molecule has 1 spiro atoms. The highest BCUT2D eigenvalue weighted by atomic mass is 16.5. The largest absolute Gasteiger partial charge is 0.378 e. The van der Waals surface area contributed by atoms with E-state index in [0.717, 1.165) is 45.2 Å². The van der Waals surface area contributed by atoms with Gasteiger partial charge in [0, 0.05) is 44.3 Å². The van der Waals surface area contributed by atoms with Crippen molar-refractivity contribution in [3.63, 3.8) is 0 Å². The van der Waals surface area contributed by atoms with E-state index in [0.29, 0.717) is 51.2 Å². The number of hydrazine groups is 1. The fourth-order valence-corrected chi connectivity index (χ4v) is 7.44. The van der Waals surface area contributed by atoms with E-state index < -0.39 is 12.1 Å². The summed E-state index contributed by atoms with van der Waals surface area (Å²) in [6.45, 7) is 17.9. The summed E-state index contributed by atoms with van der Waals surface area (Å²) in [7, 11) is 0. The number of hydrogen-bond acceptors (Lipinski definition) is 8. The van der Waals surface area contributed by atoms with Gasteiger partial charge in [-0.05, 0) is 70.3 Å². The number of carbonyl (C=O) groups is 3. The Hall–Kier alpha value is -1.59. The lowest BCUT2D eigenvalue weighted by Gasteiger charge is -2.54. The van der Waals surface area contributed by atoms with Crippen LogP contribution in [0.5, 0.6) is 0 Å². The second-order valence-electron chi connectivity index (χ2n) is 13.3. The molecule has 4 rings (SSSR count). The van der Waals surface area contributed by atoms with E-state index in [2.05, 4.69) is 60.5 Å². The van der Waals surface area contributed by atoms with Crippen LogP contribution in [0.1, 0.15) is 80.1 Å². The molecule has 5 atom stereocenters. The van der Waals surface area contributed by atoms with Crippen LogP contribution in [-0.4, -0.2) is 115 Å². The molecule has 0 aromatic carbocycles. The lowest BCUT2D eigenvalue weighted by atomic mass is 9.75. The van der Waals surface area contributed by atoms with Crippen molar-refractivity contribution in [2.45, 2.75) is 110 Å². The van der Waals surface area contributed by atoms with Crippen molar-refractivity contribution in [2.75, 3.05) is 52.5 Å². The maximum Gasteiger partial charge on any atom is 0.260 e. The van der Waals surface area contributed by atoms with Crippen LogP contribution < -0.4 is 16.1 Å². The fraction of sp³-hybridized carbons (Fsp3) is 0.900. The lowest BCUT2D eigenvalue weighted by molar-refractivity contribution is -0.152. The molecule has 4 heterocycles. The number of carbonyl (C=O) groups excluding carboxylic acids is 3. The Kier molecular flexibility index (Phi) is 10.3. The highest BCUT2D eigenvalue weighted by molar-refractivity contribution is 5.90. The normalized spacial score (nSPS) is 31.0. The molecule has 3 N–H and O–H groups in total. The van der Waals surface area contributed by atoms with Gasteiger partial charge in [-0.3, -0.25) is 29.2 Å². The zero-order chi connectivity index (χ0) is 29.1. The third-order valence-electron chi connectivity index (χ3n) is 10.1. The van der Waals surface area contributed by atoms with Gasteiger partial charge in [-0.15, -0.1) is 0 Å². The van der Waals surface area contributed by atoms with Gasteiger partial charge in [-0.25, -0.2) is 5.43 Å². The monoisotopic (exact) mass is 562 g/mol. The average molecular weight is 563 g/mol. The first-order valence-corrected chi connectivity index (χ1v) is 15.7. The molecule has 4 saturated heterocycles. The van der Waals surface area contributed by atoms with E-state index in [1.807, 2.05) is 0 Å². The lowest BCUT2D eigenvalue weighted by Crippen LogP contribution is -2.70. The molecule has 4 aliphatic heterocycles. The summed E-state index contributed by atoms with van der Waals surface area (Å²) in [6, 6.07) is -1.04. The van der Waals surface area contributed by atoms with Crippen molar-refractivity contribution < 1.29 is 19.1 Å². The number of rotatable bonds is 10. The highest BCUT2D eigenvalue weighted by Gasteiger charge is 2.50. The summed E-state index contributed by atoms with van der Waals surface area (Å²) in [4.78, 5) is 45.1. The van der Waals surface area contributed by atoms with Gasteiger partial charge in [0.05, 0.1) is 25.3 Å². The minimum absolute atomic E-state index is 0.0290. The molecule has 5 unspecified atom stereocenters. The maximum atomic E-state index is 14.2. The maximum absolute atomic E-state index is 14.2. The molecule has 10 heteroatoms. The van der Waals surface area contributed by atoms with Gasteiger partial charge in [-0.1, -0.05) is 27.7 Å². The SMILES string of the molecule is CCC1(CC)CN(CC(NC(=O)C(C(C)C)N2CCOCC23CCNC(C(C)=O)C3)C(=O)N2CCCC(C)N2)C1. The summed E-state index contributed by atoms with van der Waals surface area (Å²) in [5, 5.41) is 8.33. The van der Waals surface area contributed by atoms with Crippen LogP contribution >= 0.6 is 0 Å². The van der Waals surface area contributed by atoms with Crippen LogP contribution in [0.2, 0.25) is 0 Å². The summed E-state index contributed by atoms with van der Waals surface area (Å²) < 4.78 is 5.97. The van der Waals surface area contributed by atoms with E-state index >= 15 is 0 Å². The van der Waals surface area contributed by atoms with Crippen molar-refractivity contribution in [1.29, 1.82) is 0 Å². The molecule has 10 nitrogen and oxygen atoms in total.